The van der Waals surface area contributed by atoms with Gasteiger partial charge in [0.25, 0.3) is 0 Å². The molecule has 0 atom stereocenters. The Morgan fingerprint density at radius 2 is 0.966 bits per heavy atom. The van der Waals surface area contributed by atoms with Crippen LogP contribution in [0.15, 0.2) is 48.5 Å². The van der Waals surface area contributed by atoms with Crippen LogP contribution in [0.1, 0.15) is 6.42 Å². The zero-order valence-corrected chi connectivity index (χ0v) is 17.5. The molecule has 0 spiro atoms. The minimum Gasteiger partial charge on any atom is -0.497 e. The van der Waals surface area contributed by atoms with Crippen molar-refractivity contribution in [3.05, 3.63) is 48.5 Å². The van der Waals surface area contributed by atoms with Crippen LogP contribution in [0.25, 0.3) is 0 Å². The Hall–Kier alpha value is -2.44. The van der Waals surface area contributed by atoms with E-state index < -0.39 is 0 Å². The van der Waals surface area contributed by atoms with Crippen molar-refractivity contribution >= 4 is 0 Å². The highest BCUT2D eigenvalue weighted by molar-refractivity contribution is 5.31. The van der Waals surface area contributed by atoms with Crippen LogP contribution >= 0.6 is 0 Å². The lowest BCUT2D eigenvalue weighted by molar-refractivity contribution is 0.195. The average Bonchev–Trinajstić information content (AvgIpc) is 3.00. The molecule has 158 valence electrons. The van der Waals surface area contributed by atoms with Crippen LogP contribution in [-0.2, 0) is 0 Å². The summed E-state index contributed by atoms with van der Waals surface area (Å²) in [5, 5.41) is 0. The first-order valence-corrected chi connectivity index (χ1v) is 10.3. The van der Waals surface area contributed by atoms with Gasteiger partial charge in [-0.2, -0.15) is 0 Å². The minimum absolute atomic E-state index is 0.701. The standard InChI is InChI=1S/C23H32N2O4/c1-26-20-4-8-22(9-5-20)28-18-16-24-12-3-13-25(15-14-24)17-19-29-23-10-6-21(27-2)7-11-23/h4-11H,3,12-19H2,1-2H3. The molecule has 1 heterocycles. The summed E-state index contributed by atoms with van der Waals surface area (Å²) in [7, 11) is 3.34. The van der Waals surface area contributed by atoms with Crippen molar-refractivity contribution in [1.29, 1.82) is 0 Å². The van der Waals surface area contributed by atoms with Crippen molar-refractivity contribution < 1.29 is 18.9 Å². The van der Waals surface area contributed by atoms with Crippen LogP contribution in [0.5, 0.6) is 23.0 Å². The first kappa shape index (κ1) is 21.3. The maximum absolute atomic E-state index is 5.87. The molecule has 0 aliphatic carbocycles. The predicted molar refractivity (Wildman–Crippen MR) is 114 cm³/mol. The van der Waals surface area contributed by atoms with E-state index in [1.54, 1.807) is 14.2 Å². The molecule has 2 aromatic rings. The molecule has 1 aliphatic rings. The fourth-order valence-corrected chi connectivity index (χ4v) is 3.40. The normalized spacial score (nSPS) is 15.5. The fraction of sp³-hybridized carbons (Fsp3) is 0.478. The summed E-state index contributed by atoms with van der Waals surface area (Å²) in [6.45, 7) is 7.65. The molecule has 0 radical (unpaired) electrons. The van der Waals surface area contributed by atoms with E-state index in [0.717, 1.165) is 62.3 Å². The van der Waals surface area contributed by atoms with Gasteiger partial charge in [0.2, 0.25) is 0 Å². The molecular weight excluding hydrogens is 368 g/mol. The summed E-state index contributed by atoms with van der Waals surface area (Å²) in [6.07, 6.45) is 1.17. The van der Waals surface area contributed by atoms with Gasteiger partial charge in [0.15, 0.2) is 0 Å². The van der Waals surface area contributed by atoms with Gasteiger partial charge in [-0.15, -0.1) is 0 Å². The number of hydrogen-bond acceptors (Lipinski definition) is 6. The largest absolute Gasteiger partial charge is 0.497 e. The summed E-state index contributed by atoms with van der Waals surface area (Å²) in [5.41, 5.74) is 0. The number of nitrogens with zero attached hydrogens (tertiary/aromatic N) is 2. The second-order valence-electron chi connectivity index (χ2n) is 7.08. The third-order valence-electron chi connectivity index (χ3n) is 5.15. The lowest BCUT2D eigenvalue weighted by Crippen LogP contribution is -2.34. The van der Waals surface area contributed by atoms with E-state index in [1.165, 1.54) is 6.42 Å². The van der Waals surface area contributed by atoms with Crippen molar-refractivity contribution in [2.75, 3.05) is 66.7 Å². The fourth-order valence-electron chi connectivity index (χ4n) is 3.40. The van der Waals surface area contributed by atoms with Crippen molar-refractivity contribution in [1.82, 2.24) is 9.80 Å². The number of methoxy groups -OCH3 is 2. The minimum atomic E-state index is 0.701. The van der Waals surface area contributed by atoms with Crippen molar-refractivity contribution in [3.8, 4) is 23.0 Å². The Morgan fingerprint density at radius 1 is 0.586 bits per heavy atom. The molecule has 6 nitrogen and oxygen atoms in total. The highest BCUT2D eigenvalue weighted by atomic mass is 16.5. The second-order valence-corrected chi connectivity index (χ2v) is 7.08. The maximum atomic E-state index is 5.87. The Bertz CT molecular complexity index is 644. The summed E-state index contributed by atoms with van der Waals surface area (Å²) >= 11 is 0. The summed E-state index contributed by atoms with van der Waals surface area (Å²) < 4.78 is 22.1. The molecule has 0 bridgehead atoms. The van der Waals surface area contributed by atoms with Gasteiger partial charge in [-0.25, -0.2) is 0 Å². The molecule has 0 saturated carbocycles. The summed E-state index contributed by atoms with van der Waals surface area (Å²) in [5.74, 6) is 3.47. The molecule has 3 rings (SSSR count). The first-order valence-electron chi connectivity index (χ1n) is 10.3. The summed E-state index contributed by atoms with van der Waals surface area (Å²) in [4.78, 5) is 4.96. The smallest absolute Gasteiger partial charge is 0.119 e. The van der Waals surface area contributed by atoms with Gasteiger partial charge in [-0.05, 0) is 68.0 Å². The molecular formula is C23H32N2O4. The predicted octanol–water partition coefficient (Wildman–Crippen LogP) is 3.17. The molecule has 0 N–H and O–H groups in total. The molecule has 29 heavy (non-hydrogen) atoms. The van der Waals surface area contributed by atoms with Crippen LogP contribution in [0.3, 0.4) is 0 Å². The van der Waals surface area contributed by atoms with Crippen molar-refractivity contribution in [3.63, 3.8) is 0 Å². The van der Waals surface area contributed by atoms with E-state index in [2.05, 4.69) is 9.80 Å². The van der Waals surface area contributed by atoms with Crippen LogP contribution in [-0.4, -0.2) is 76.5 Å². The van der Waals surface area contributed by atoms with Gasteiger partial charge in [0.05, 0.1) is 14.2 Å². The van der Waals surface area contributed by atoms with E-state index in [1.807, 2.05) is 48.5 Å². The van der Waals surface area contributed by atoms with Gasteiger partial charge in [-0.1, -0.05) is 0 Å². The van der Waals surface area contributed by atoms with Gasteiger partial charge < -0.3 is 18.9 Å². The second kappa shape index (κ2) is 11.5. The highest BCUT2D eigenvalue weighted by Gasteiger charge is 2.14. The quantitative estimate of drug-likeness (QED) is 0.610. The van der Waals surface area contributed by atoms with Crippen molar-refractivity contribution in [2.45, 2.75) is 6.42 Å². The highest BCUT2D eigenvalue weighted by Crippen LogP contribution is 2.18. The Labute approximate surface area is 173 Å². The lowest BCUT2D eigenvalue weighted by atomic mass is 10.3. The van der Waals surface area contributed by atoms with E-state index in [-0.39, 0.29) is 0 Å². The van der Waals surface area contributed by atoms with Crippen LogP contribution < -0.4 is 18.9 Å². The monoisotopic (exact) mass is 400 g/mol. The van der Waals surface area contributed by atoms with Gasteiger partial charge in [0.1, 0.15) is 36.2 Å². The number of ether oxygens (including phenoxy) is 4. The molecule has 1 fully saturated rings. The van der Waals surface area contributed by atoms with Crippen LogP contribution in [0.2, 0.25) is 0 Å². The Kier molecular flexibility index (Phi) is 8.46. The molecule has 0 unspecified atom stereocenters. The van der Waals surface area contributed by atoms with Gasteiger partial charge >= 0.3 is 0 Å². The number of hydrogen-bond donors (Lipinski definition) is 0. The third kappa shape index (κ3) is 7.15. The molecule has 0 amide bonds. The van der Waals surface area contributed by atoms with Crippen LogP contribution in [0.4, 0.5) is 0 Å². The molecule has 1 aliphatic heterocycles. The topological polar surface area (TPSA) is 43.4 Å². The molecule has 1 saturated heterocycles. The van der Waals surface area contributed by atoms with E-state index >= 15 is 0 Å². The molecule has 2 aromatic carbocycles. The van der Waals surface area contributed by atoms with Crippen molar-refractivity contribution in [2.24, 2.45) is 0 Å². The molecule has 6 heteroatoms. The molecule has 0 aromatic heterocycles. The number of rotatable bonds is 10. The first-order chi connectivity index (χ1) is 14.3. The zero-order valence-electron chi connectivity index (χ0n) is 17.5. The average molecular weight is 401 g/mol. The Balaban J connectivity index is 1.31. The third-order valence-corrected chi connectivity index (χ3v) is 5.15. The Morgan fingerprint density at radius 3 is 1.34 bits per heavy atom. The van der Waals surface area contributed by atoms with Gasteiger partial charge in [0, 0.05) is 26.2 Å². The van der Waals surface area contributed by atoms with Gasteiger partial charge in [-0.3, -0.25) is 9.80 Å². The van der Waals surface area contributed by atoms with E-state index in [0.29, 0.717) is 13.2 Å². The van der Waals surface area contributed by atoms with E-state index in [4.69, 9.17) is 18.9 Å². The lowest BCUT2D eigenvalue weighted by Gasteiger charge is -2.22. The SMILES string of the molecule is COc1ccc(OCCN2CCCN(CCOc3ccc(OC)cc3)CC2)cc1. The van der Waals surface area contributed by atoms with E-state index in [9.17, 15) is 0 Å². The maximum Gasteiger partial charge on any atom is 0.119 e. The number of benzene rings is 2. The summed E-state index contributed by atoms with van der Waals surface area (Å²) in [6, 6.07) is 15.5. The van der Waals surface area contributed by atoms with Crippen LogP contribution in [0, 0.1) is 0 Å². The zero-order chi connectivity index (χ0) is 20.3.